The van der Waals surface area contributed by atoms with Gasteiger partial charge in [-0.3, -0.25) is 9.36 Å². The number of rotatable bonds is 8. The predicted molar refractivity (Wildman–Crippen MR) is 115 cm³/mol. The largest absolute Gasteiger partial charge is 0.338 e. The fourth-order valence-electron chi connectivity index (χ4n) is 3.13. The van der Waals surface area contributed by atoms with Crippen molar-refractivity contribution in [3.05, 3.63) is 70.6 Å². The van der Waals surface area contributed by atoms with Crippen LogP contribution in [0.15, 0.2) is 63.0 Å². The molecule has 0 aliphatic rings. The molecule has 154 valence electrons. The van der Waals surface area contributed by atoms with E-state index in [1.807, 2.05) is 24.3 Å². The van der Waals surface area contributed by atoms with Gasteiger partial charge in [0.25, 0.3) is 5.56 Å². The monoisotopic (exact) mass is 424 g/mol. The molecule has 0 saturated carbocycles. The predicted octanol–water partition coefficient (Wildman–Crippen LogP) is 5.07. The maximum atomic E-state index is 13.1. The molecule has 0 aliphatic heterocycles. The molecule has 0 aliphatic carbocycles. The number of para-hydroxylation sites is 1. The number of fused-ring (bicyclic) bond motifs is 1. The molecular formula is C22H21FN4O2S. The van der Waals surface area contributed by atoms with Gasteiger partial charge in [0.15, 0.2) is 5.16 Å². The van der Waals surface area contributed by atoms with E-state index < -0.39 is 0 Å². The van der Waals surface area contributed by atoms with Crippen molar-refractivity contribution in [3.63, 3.8) is 0 Å². The lowest BCUT2D eigenvalue weighted by Crippen LogP contribution is -2.23. The average Bonchev–Trinajstić information content (AvgIpc) is 3.24. The molecule has 0 saturated heterocycles. The number of hydrogen-bond acceptors (Lipinski definition) is 6. The van der Waals surface area contributed by atoms with E-state index in [1.165, 1.54) is 23.9 Å². The highest BCUT2D eigenvalue weighted by Gasteiger charge is 2.14. The smallest absolute Gasteiger partial charge is 0.262 e. The summed E-state index contributed by atoms with van der Waals surface area (Å²) in [4.78, 5) is 22.1. The van der Waals surface area contributed by atoms with Gasteiger partial charge < -0.3 is 4.52 Å². The minimum Gasteiger partial charge on any atom is -0.338 e. The van der Waals surface area contributed by atoms with E-state index >= 15 is 0 Å². The van der Waals surface area contributed by atoms with Crippen molar-refractivity contribution < 1.29 is 8.91 Å². The van der Waals surface area contributed by atoms with Crippen LogP contribution < -0.4 is 5.56 Å². The summed E-state index contributed by atoms with van der Waals surface area (Å²) in [5.41, 5.74) is 1.32. The van der Waals surface area contributed by atoms with Gasteiger partial charge in [0, 0.05) is 12.1 Å². The first-order chi connectivity index (χ1) is 14.7. The zero-order valence-corrected chi connectivity index (χ0v) is 17.4. The Bertz CT molecular complexity index is 1200. The maximum Gasteiger partial charge on any atom is 0.262 e. The van der Waals surface area contributed by atoms with Crippen LogP contribution in [0.5, 0.6) is 0 Å². The van der Waals surface area contributed by atoms with Crippen LogP contribution in [0.25, 0.3) is 22.3 Å². The number of nitrogens with zero attached hydrogens (tertiary/aromatic N) is 4. The molecule has 2 aromatic carbocycles. The average molecular weight is 425 g/mol. The van der Waals surface area contributed by atoms with E-state index in [-0.39, 0.29) is 11.4 Å². The molecule has 0 N–H and O–H groups in total. The Balaban J connectivity index is 1.58. The quantitative estimate of drug-likeness (QED) is 0.223. The van der Waals surface area contributed by atoms with Crippen LogP contribution in [0.3, 0.4) is 0 Å². The topological polar surface area (TPSA) is 73.8 Å². The van der Waals surface area contributed by atoms with Gasteiger partial charge in [0.05, 0.1) is 16.7 Å². The zero-order chi connectivity index (χ0) is 20.9. The third-order valence-electron chi connectivity index (χ3n) is 4.71. The highest BCUT2D eigenvalue weighted by molar-refractivity contribution is 7.98. The summed E-state index contributed by atoms with van der Waals surface area (Å²) in [6.07, 6.45) is 3.04. The van der Waals surface area contributed by atoms with Gasteiger partial charge in [-0.2, -0.15) is 4.98 Å². The summed E-state index contributed by atoms with van der Waals surface area (Å²) >= 11 is 1.39. The molecular weight excluding hydrogens is 403 g/mol. The van der Waals surface area contributed by atoms with Gasteiger partial charge in [-0.1, -0.05) is 48.8 Å². The minimum atomic E-state index is -0.318. The van der Waals surface area contributed by atoms with Crippen molar-refractivity contribution in [1.29, 1.82) is 0 Å². The van der Waals surface area contributed by atoms with E-state index in [4.69, 9.17) is 9.51 Å². The minimum absolute atomic E-state index is 0.0308. The molecule has 6 nitrogen and oxygen atoms in total. The molecule has 4 rings (SSSR count). The summed E-state index contributed by atoms with van der Waals surface area (Å²) in [6, 6.07) is 13.3. The number of hydrogen-bond donors (Lipinski definition) is 0. The number of thioether (sulfide) groups is 1. The Kier molecular flexibility index (Phi) is 6.23. The van der Waals surface area contributed by atoms with Gasteiger partial charge in [-0.15, -0.1) is 0 Å². The second-order valence-electron chi connectivity index (χ2n) is 6.88. The third-order valence-corrected chi connectivity index (χ3v) is 5.67. The van der Waals surface area contributed by atoms with Crippen molar-refractivity contribution >= 4 is 22.7 Å². The first-order valence-electron chi connectivity index (χ1n) is 9.86. The molecule has 30 heavy (non-hydrogen) atoms. The van der Waals surface area contributed by atoms with Crippen LogP contribution in [0.1, 0.15) is 32.1 Å². The number of benzene rings is 2. The Labute approximate surface area is 177 Å². The Morgan fingerprint density at radius 1 is 1.07 bits per heavy atom. The molecule has 0 atom stereocenters. The van der Waals surface area contributed by atoms with Gasteiger partial charge in [0.1, 0.15) is 5.82 Å². The summed E-state index contributed by atoms with van der Waals surface area (Å²) < 4.78 is 20.2. The zero-order valence-electron chi connectivity index (χ0n) is 16.5. The molecule has 0 unspecified atom stereocenters. The molecule has 0 radical (unpaired) electrons. The summed E-state index contributed by atoms with van der Waals surface area (Å²) in [5.74, 6) is 0.882. The lowest BCUT2D eigenvalue weighted by molar-refractivity contribution is 0.391. The summed E-state index contributed by atoms with van der Waals surface area (Å²) in [7, 11) is 0. The van der Waals surface area contributed by atoms with Crippen LogP contribution in [0.4, 0.5) is 4.39 Å². The first kappa shape index (κ1) is 20.3. The van der Waals surface area contributed by atoms with Gasteiger partial charge in [-0.25, -0.2) is 9.37 Å². The molecule has 2 heterocycles. The molecule has 0 bridgehead atoms. The van der Waals surface area contributed by atoms with Crippen LogP contribution in [0.2, 0.25) is 0 Å². The molecule has 8 heteroatoms. The highest BCUT2D eigenvalue weighted by Crippen LogP contribution is 2.24. The second-order valence-corrected chi connectivity index (χ2v) is 7.83. The second kappa shape index (κ2) is 9.21. The van der Waals surface area contributed by atoms with Gasteiger partial charge >= 0.3 is 0 Å². The Morgan fingerprint density at radius 3 is 2.67 bits per heavy atom. The number of aromatic nitrogens is 4. The van der Waals surface area contributed by atoms with E-state index in [0.717, 1.165) is 19.3 Å². The SMILES string of the molecule is CCCCCn1c(SCc2nc(-c3ccc(F)cc3)no2)nc2ccccc2c1=O. The van der Waals surface area contributed by atoms with E-state index in [1.54, 1.807) is 16.7 Å². The normalized spacial score (nSPS) is 11.3. The van der Waals surface area contributed by atoms with E-state index in [9.17, 15) is 9.18 Å². The number of unbranched alkanes of at least 4 members (excludes halogenated alkanes) is 2. The third kappa shape index (κ3) is 4.43. The van der Waals surface area contributed by atoms with Crippen molar-refractivity contribution in [2.24, 2.45) is 0 Å². The van der Waals surface area contributed by atoms with Gasteiger partial charge in [-0.05, 0) is 42.8 Å². The van der Waals surface area contributed by atoms with Crippen molar-refractivity contribution in [2.45, 2.75) is 43.6 Å². The molecule has 2 aromatic heterocycles. The lowest BCUT2D eigenvalue weighted by atomic mass is 10.2. The summed E-state index contributed by atoms with van der Waals surface area (Å²) in [5, 5.41) is 5.22. The van der Waals surface area contributed by atoms with Crippen LogP contribution in [-0.2, 0) is 12.3 Å². The highest BCUT2D eigenvalue weighted by atomic mass is 32.2. The van der Waals surface area contributed by atoms with Crippen LogP contribution in [-0.4, -0.2) is 19.7 Å². The standard InChI is InChI=1S/C22H21FN4O2S/c1-2-3-6-13-27-21(28)17-7-4-5-8-18(17)24-22(27)30-14-19-25-20(26-29-19)15-9-11-16(23)12-10-15/h4-5,7-12H,2-3,6,13-14H2,1H3. The lowest BCUT2D eigenvalue weighted by Gasteiger charge is -2.12. The fraction of sp³-hybridized carbons (Fsp3) is 0.273. The molecule has 0 amide bonds. The van der Waals surface area contributed by atoms with Crippen molar-refractivity contribution in [2.75, 3.05) is 0 Å². The Hall–Kier alpha value is -3.00. The van der Waals surface area contributed by atoms with Crippen molar-refractivity contribution in [1.82, 2.24) is 19.7 Å². The van der Waals surface area contributed by atoms with Crippen LogP contribution in [0, 0.1) is 5.82 Å². The number of halogens is 1. The van der Waals surface area contributed by atoms with Crippen LogP contribution >= 0.6 is 11.8 Å². The van der Waals surface area contributed by atoms with Crippen molar-refractivity contribution in [3.8, 4) is 11.4 Å². The maximum absolute atomic E-state index is 13.1. The fourth-order valence-corrected chi connectivity index (χ4v) is 3.99. The summed E-state index contributed by atoms with van der Waals surface area (Å²) in [6.45, 7) is 2.75. The van der Waals surface area contributed by atoms with E-state index in [0.29, 0.717) is 45.6 Å². The molecule has 4 aromatic rings. The van der Waals surface area contributed by atoms with E-state index in [2.05, 4.69) is 17.1 Å². The molecule has 0 fully saturated rings. The van der Waals surface area contributed by atoms with Gasteiger partial charge in [0.2, 0.25) is 11.7 Å². The molecule has 0 spiro atoms. The first-order valence-corrected chi connectivity index (χ1v) is 10.8. The Morgan fingerprint density at radius 2 is 1.87 bits per heavy atom.